The van der Waals surface area contributed by atoms with E-state index in [1.165, 1.54) is 0 Å². The van der Waals surface area contributed by atoms with Crippen molar-refractivity contribution >= 4 is 29.0 Å². The lowest BCUT2D eigenvalue weighted by atomic mass is 10.1. The number of halogens is 1. The SMILES string of the molecule is Cc1cc(C(=O)Nc2ccc(Oc3ccc(Cl)cc3)cc2)c(N)nc1C. The third kappa shape index (κ3) is 4.13. The van der Waals surface area contributed by atoms with Gasteiger partial charge in [-0.05, 0) is 74.0 Å². The van der Waals surface area contributed by atoms with E-state index in [1.54, 1.807) is 54.6 Å². The van der Waals surface area contributed by atoms with E-state index in [1.807, 2.05) is 13.8 Å². The Bertz CT molecular complexity index is 939. The molecule has 0 radical (unpaired) electrons. The highest BCUT2D eigenvalue weighted by atomic mass is 35.5. The lowest BCUT2D eigenvalue weighted by Gasteiger charge is -2.10. The fraction of sp³-hybridized carbons (Fsp3) is 0.100. The van der Waals surface area contributed by atoms with Crippen molar-refractivity contribution in [2.45, 2.75) is 13.8 Å². The van der Waals surface area contributed by atoms with Crippen molar-refractivity contribution in [1.82, 2.24) is 4.98 Å². The number of rotatable bonds is 4. The smallest absolute Gasteiger partial charge is 0.259 e. The predicted molar refractivity (Wildman–Crippen MR) is 104 cm³/mol. The zero-order chi connectivity index (χ0) is 18.7. The molecule has 26 heavy (non-hydrogen) atoms. The van der Waals surface area contributed by atoms with E-state index in [9.17, 15) is 4.79 Å². The van der Waals surface area contributed by atoms with Crippen molar-refractivity contribution in [2.75, 3.05) is 11.1 Å². The van der Waals surface area contributed by atoms with Crippen LogP contribution in [0.2, 0.25) is 5.02 Å². The second-order valence-electron chi connectivity index (χ2n) is 5.86. The van der Waals surface area contributed by atoms with Crippen LogP contribution in [0.4, 0.5) is 11.5 Å². The number of hydrogen-bond donors (Lipinski definition) is 2. The Hall–Kier alpha value is -3.05. The van der Waals surface area contributed by atoms with Gasteiger partial charge in [0, 0.05) is 16.4 Å². The number of nitrogens with one attached hydrogen (secondary N) is 1. The van der Waals surface area contributed by atoms with Gasteiger partial charge in [-0.25, -0.2) is 4.98 Å². The second-order valence-corrected chi connectivity index (χ2v) is 6.29. The second kappa shape index (κ2) is 7.45. The number of aromatic nitrogens is 1. The van der Waals surface area contributed by atoms with Crippen molar-refractivity contribution < 1.29 is 9.53 Å². The maximum absolute atomic E-state index is 12.4. The Balaban J connectivity index is 1.70. The lowest BCUT2D eigenvalue weighted by molar-refractivity contribution is 0.102. The van der Waals surface area contributed by atoms with Gasteiger partial charge in [-0.3, -0.25) is 4.79 Å². The van der Waals surface area contributed by atoms with Crippen LogP contribution >= 0.6 is 11.6 Å². The van der Waals surface area contributed by atoms with Crippen LogP contribution in [0.5, 0.6) is 11.5 Å². The molecule has 3 N–H and O–H groups in total. The van der Waals surface area contributed by atoms with Crippen molar-refractivity contribution in [3.05, 3.63) is 76.4 Å². The molecular formula is C20H18ClN3O2. The normalized spacial score (nSPS) is 10.4. The largest absolute Gasteiger partial charge is 0.457 e. The first kappa shape index (κ1) is 17.8. The summed E-state index contributed by atoms with van der Waals surface area (Å²) in [6, 6.07) is 15.9. The van der Waals surface area contributed by atoms with E-state index in [-0.39, 0.29) is 11.7 Å². The highest BCUT2D eigenvalue weighted by molar-refractivity contribution is 6.30. The molecule has 0 aliphatic heterocycles. The van der Waals surface area contributed by atoms with Gasteiger partial charge < -0.3 is 15.8 Å². The fourth-order valence-electron chi connectivity index (χ4n) is 2.35. The molecule has 0 saturated heterocycles. The van der Waals surface area contributed by atoms with E-state index in [0.29, 0.717) is 27.8 Å². The molecule has 3 rings (SSSR count). The van der Waals surface area contributed by atoms with Gasteiger partial charge in [0.25, 0.3) is 5.91 Å². The van der Waals surface area contributed by atoms with Gasteiger partial charge in [0.05, 0.1) is 5.56 Å². The number of nitrogens with zero attached hydrogens (tertiary/aromatic N) is 1. The van der Waals surface area contributed by atoms with Gasteiger partial charge in [-0.1, -0.05) is 11.6 Å². The van der Waals surface area contributed by atoms with Crippen LogP contribution in [0.15, 0.2) is 54.6 Å². The molecule has 5 nitrogen and oxygen atoms in total. The molecule has 0 unspecified atom stereocenters. The molecule has 132 valence electrons. The van der Waals surface area contributed by atoms with Gasteiger partial charge >= 0.3 is 0 Å². The number of carbonyl (C=O) groups is 1. The summed E-state index contributed by atoms with van der Waals surface area (Å²) in [7, 11) is 0. The molecule has 0 spiro atoms. The fourth-order valence-corrected chi connectivity index (χ4v) is 2.48. The third-order valence-corrected chi connectivity index (χ3v) is 4.15. The number of nitrogens with two attached hydrogens (primary N) is 1. The predicted octanol–water partition coefficient (Wildman–Crippen LogP) is 4.98. The number of amides is 1. The quantitative estimate of drug-likeness (QED) is 0.681. The molecule has 1 amide bonds. The van der Waals surface area contributed by atoms with E-state index in [0.717, 1.165) is 11.3 Å². The summed E-state index contributed by atoms with van der Waals surface area (Å²) in [5.41, 5.74) is 8.58. The first-order valence-electron chi connectivity index (χ1n) is 8.01. The average molecular weight is 368 g/mol. The van der Waals surface area contributed by atoms with E-state index in [4.69, 9.17) is 22.1 Å². The van der Waals surface area contributed by atoms with Crippen molar-refractivity contribution in [2.24, 2.45) is 0 Å². The zero-order valence-corrected chi connectivity index (χ0v) is 15.2. The number of pyridine rings is 1. The summed E-state index contributed by atoms with van der Waals surface area (Å²) in [5.74, 6) is 1.25. The molecule has 0 saturated carbocycles. The van der Waals surface area contributed by atoms with Crippen molar-refractivity contribution in [3.63, 3.8) is 0 Å². The molecule has 0 aliphatic carbocycles. The summed E-state index contributed by atoms with van der Waals surface area (Å²) in [6.07, 6.45) is 0. The Morgan fingerprint density at radius 1 is 1.04 bits per heavy atom. The zero-order valence-electron chi connectivity index (χ0n) is 14.4. The molecule has 0 bridgehead atoms. The highest BCUT2D eigenvalue weighted by Crippen LogP contribution is 2.25. The summed E-state index contributed by atoms with van der Waals surface area (Å²) in [5, 5.41) is 3.46. The number of ether oxygens (including phenoxy) is 1. The summed E-state index contributed by atoms with van der Waals surface area (Å²) >= 11 is 5.85. The number of anilines is 2. The summed E-state index contributed by atoms with van der Waals surface area (Å²) in [4.78, 5) is 16.6. The number of benzene rings is 2. The molecule has 0 aliphatic rings. The van der Waals surface area contributed by atoms with Crippen LogP contribution in [0.3, 0.4) is 0 Å². The van der Waals surface area contributed by atoms with Crippen LogP contribution < -0.4 is 15.8 Å². The topological polar surface area (TPSA) is 77.2 Å². The highest BCUT2D eigenvalue weighted by Gasteiger charge is 2.13. The Labute approximate surface area is 156 Å². The standard InChI is InChI=1S/C20H18ClN3O2/c1-12-11-18(19(22)23-13(12)2)20(25)24-15-5-9-17(10-6-15)26-16-7-3-14(21)4-8-16/h3-11H,1-2H3,(H2,22,23)(H,24,25). The lowest BCUT2D eigenvalue weighted by Crippen LogP contribution is -2.15. The number of aryl methyl sites for hydroxylation is 2. The number of nitrogen functional groups attached to an aromatic ring is 1. The maximum Gasteiger partial charge on any atom is 0.259 e. The van der Waals surface area contributed by atoms with Crippen LogP contribution in [-0.2, 0) is 0 Å². The van der Waals surface area contributed by atoms with Gasteiger partial charge in [0.2, 0.25) is 0 Å². The molecule has 2 aromatic carbocycles. The van der Waals surface area contributed by atoms with E-state index >= 15 is 0 Å². The van der Waals surface area contributed by atoms with Crippen LogP contribution in [0.25, 0.3) is 0 Å². The Morgan fingerprint density at radius 2 is 1.62 bits per heavy atom. The van der Waals surface area contributed by atoms with Crippen LogP contribution in [-0.4, -0.2) is 10.9 Å². The molecule has 3 aromatic rings. The Morgan fingerprint density at radius 3 is 2.23 bits per heavy atom. The molecule has 6 heteroatoms. The minimum absolute atomic E-state index is 0.216. The maximum atomic E-state index is 12.4. The number of carbonyl (C=O) groups excluding carboxylic acids is 1. The minimum atomic E-state index is -0.301. The molecule has 1 aromatic heterocycles. The molecule has 0 atom stereocenters. The molecule has 1 heterocycles. The van der Waals surface area contributed by atoms with Gasteiger partial charge in [-0.15, -0.1) is 0 Å². The summed E-state index contributed by atoms with van der Waals surface area (Å²) in [6.45, 7) is 3.74. The van der Waals surface area contributed by atoms with Crippen LogP contribution in [0, 0.1) is 13.8 Å². The minimum Gasteiger partial charge on any atom is -0.457 e. The third-order valence-electron chi connectivity index (χ3n) is 3.90. The van der Waals surface area contributed by atoms with E-state index in [2.05, 4.69) is 10.3 Å². The van der Waals surface area contributed by atoms with Gasteiger partial charge in [0.15, 0.2) is 0 Å². The monoisotopic (exact) mass is 367 g/mol. The van der Waals surface area contributed by atoms with Crippen molar-refractivity contribution in [1.29, 1.82) is 0 Å². The van der Waals surface area contributed by atoms with Crippen LogP contribution in [0.1, 0.15) is 21.6 Å². The average Bonchev–Trinajstić information content (AvgIpc) is 2.61. The van der Waals surface area contributed by atoms with Gasteiger partial charge in [0.1, 0.15) is 17.3 Å². The summed E-state index contributed by atoms with van der Waals surface area (Å²) < 4.78 is 5.72. The molecular weight excluding hydrogens is 350 g/mol. The number of hydrogen-bond acceptors (Lipinski definition) is 4. The molecule has 0 fully saturated rings. The van der Waals surface area contributed by atoms with Gasteiger partial charge in [-0.2, -0.15) is 0 Å². The Kier molecular flexibility index (Phi) is 5.09. The first-order valence-corrected chi connectivity index (χ1v) is 8.39. The van der Waals surface area contributed by atoms with Crippen molar-refractivity contribution in [3.8, 4) is 11.5 Å². The van der Waals surface area contributed by atoms with E-state index < -0.39 is 0 Å². The first-order chi connectivity index (χ1) is 12.4.